The maximum absolute atomic E-state index is 12.3. The SMILES string of the molecule is CN(C(=O)n1ccnc1)C1CCc2ccccc21. The van der Waals surface area contributed by atoms with Gasteiger partial charge in [0.2, 0.25) is 0 Å². The van der Waals surface area contributed by atoms with Crippen LogP contribution in [0.25, 0.3) is 0 Å². The fraction of sp³-hybridized carbons (Fsp3) is 0.286. The predicted octanol–water partition coefficient (Wildman–Crippen LogP) is 2.47. The van der Waals surface area contributed by atoms with Crippen LogP contribution in [0.2, 0.25) is 0 Å². The summed E-state index contributed by atoms with van der Waals surface area (Å²) in [7, 11) is 1.86. The second kappa shape index (κ2) is 4.29. The molecule has 18 heavy (non-hydrogen) atoms. The van der Waals surface area contributed by atoms with Crippen LogP contribution in [0.1, 0.15) is 23.6 Å². The second-order valence-electron chi connectivity index (χ2n) is 4.62. The quantitative estimate of drug-likeness (QED) is 0.769. The first-order chi connectivity index (χ1) is 8.77. The second-order valence-corrected chi connectivity index (χ2v) is 4.62. The lowest BCUT2D eigenvalue weighted by molar-refractivity contribution is 0.192. The molecular formula is C14H15N3O. The third-order valence-electron chi connectivity index (χ3n) is 3.60. The zero-order valence-corrected chi connectivity index (χ0v) is 10.3. The van der Waals surface area contributed by atoms with Gasteiger partial charge in [0.15, 0.2) is 0 Å². The van der Waals surface area contributed by atoms with Crippen molar-refractivity contribution in [1.29, 1.82) is 0 Å². The van der Waals surface area contributed by atoms with Crippen molar-refractivity contribution in [3.05, 3.63) is 54.1 Å². The molecule has 92 valence electrons. The highest BCUT2D eigenvalue weighted by Crippen LogP contribution is 2.34. The summed E-state index contributed by atoms with van der Waals surface area (Å²) >= 11 is 0. The Morgan fingerprint density at radius 1 is 1.44 bits per heavy atom. The molecule has 3 rings (SSSR count). The Labute approximate surface area is 106 Å². The molecule has 0 bridgehead atoms. The molecule has 4 nitrogen and oxygen atoms in total. The summed E-state index contributed by atoms with van der Waals surface area (Å²) in [5.41, 5.74) is 2.63. The molecule has 1 unspecified atom stereocenters. The number of carbonyl (C=O) groups is 1. The van der Waals surface area contributed by atoms with Gasteiger partial charge in [0, 0.05) is 19.4 Å². The van der Waals surface area contributed by atoms with Gasteiger partial charge in [-0.25, -0.2) is 9.78 Å². The Morgan fingerprint density at radius 2 is 2.28 bits per heavy atom. The van der Waals surface area contributed by atoms with Gasteiger partial charge in [0.05, 0.1) is 6.04 Å². The Balaban J connectivity index is 1.87. The highest BCUT2D eigenvalue weighted by Gasteiger charge is 2.28. The van der Waals surface area contributed by atoms with E-state index in [9.17, 15) is 4.79 Å². The molecule has 0 N–H and O–H groups in total. The third-order valence-corrected chi connectivity index (χ3v) is 3.60. The van der Waals surface area contributed by atoms with Crippen molar-refractivity contribution in [3.8, 4) is 0 Å². The number of benzene rings is 1. The number of imidazole rings is 1. The van der Waals surface area contributed by atoms with Crippen LogP contribution in [-0.2, 0) is 6.42 Å². The highest BCUT2D eigenvalue weighted by atomic mass is 16.2. The standard InChI is InChI=1S/C14H15N3O/c1-16(14(18)17-9-8-15-10-17)13-7-6-11-4-2-3-5-12(11)13/h2-5,8-10,13H,6-7H2,1H3. The largest absolute Gasteiger partial charge is 0.329 e. The van der Waals surface area contributed by atoms with Crippen LogP contribution in [0, 0.1) is 0 Å². The molecule has 1 amide bonds. The molecule has 0 aliphatic heterocycles. The molecule has 1 aliphatic rings. The first-order valence-corrected chi connectivity index (χ1v) is 6.10. The molecule has 1 heterocycles. The number of hydrogen-bond acceptors (Lipinski definition) is 2. The van der Waals surface area contributed by atoms with Crippen molar-refractivity contribution in [2.24, 2.45) is 0 Å². The van der Waals surface area contributed by atoms with Gasteiger partial charge < -0.3 is 4.90 Å². The van der Waals surface area contributed by atoms with Crippen molar-refractivity contribution < 1.29 is 4.79 Å². The van der Waals surface area contributed by atoms with Crippen molar-refractivity contribution in [2.45, 2.75) is 18.9 Å². The fourth-order valence-electron chi connectivity index (χ4n) is 2.62. The van der Waals surface area contributed by atoms with Crippen molar-refractivity contribution in [2.75, 3.05) is 7.05 Å². The van der Waals surface area contributed by atoms with E-state index in [1.54, 1.807) is 23.6 Å². The van der Waals surface area contributed by atoms with Gasteiger partial charge in [-0.2, -0.15) is 0 Å². The van der Waals surface area contributed by atoms with Crippen LogP contribution in [0.4, 0.5) is 4.79 Å². The monoisotopic (exact) mass is 241 g/mol. The zero-order valence-electron chi connectivity index (χ0n) is 10.3. The molecular weight excluding hydrogens is 226 g/mol. The van der Waals surface area contributed by atoms with Gasteiger partial charge in [-0.15, -0.1) is 0 Å². The minimum absolute atomic E-state index is 0.0331. The van der Waals surface area contributed by atoms with Crippen LogP contribution >= 0.6 is 0 Å². The van der Waals surface area contributed by atoms with E-state index in [0.717, 1.165) is 12.8 Å². The number of fused-ring (bicyclic) bond motifs is 1. The van der Waals surface area contributed by atoms with Crippen LogP contribution in [0.5, 0.6) is 0 Å². The summed E-state index contributed by atoms with van der Waals surface area (Å²) in [4.78, 5) is 18.0. The van der Waals surface area contributed by atoms with E-state index in [2.05, 4.69) is 23.2 Å². The topological polar surface area (TPSA) is 38.1 Å². The molecule has 1 aromatic carbocycles. The van der Waals surface area contributed by atoms with Gasteiger partial charge in [-0.3, -0.25) is 4.57 Å². The van der Waals surface area contributed by atoms with E-state index in [-0.39, 0.29) is 12.1 Å². The minimum atomic E-state index is -0.0331. The number of rotatable bonds is 1. The van der Waals surface area contributed by atoms with E-state index < -0.39 is 0 Å². The smallest absolute Gasteiger partial charge is 0.320 e. The van der Waals surface area contributed by atoms with Crippen LogP contribution < -0.4 is 0 Å². The molecule has 2 aromatic rings. The first kappa shape index (κ1) is 11.0. The minimum Gasteiger partial charge on any atom is -0.320 e. The molecule has 0 radical (unpaired) electrons. The number of aromatic nitrogens is 2. The van der Waals surface area contributed by atoms with Gasteiger partial charge in [0.25, 0.3) is 0 Å². The summed E-state index contributed by atoms with van der Waals surface area (Å²) in [6, 6.07) is 8.49. The lowest BCUT2D eigenvalue weighted by Crippen LogP contribution is -2.33. The molecule has 1 aromatic heterocycles. The molecule has 0 spiro atoms. The van der Waals surface area contributed by atoms with Crippen LogP contribution in [0.3, 0.4) is 0 Å². The molecule has 0 saturated carbocycles. The fourth-order valence-corrected chi connectivity index (χ4v) is 2.62. The van der Waals surface area contributed by atoms with E-state index in [4.69, 9.17) is 0 Å². The Bertz CT molecular complexity index is 562. The van der Waals surface area contributed by atoms with Crippen LogP contribution in [-0.4, -0.2) is 27.5 Å². The van der Waals surface area contributed by atoms with Crippen LogP contribution in [0.15, 0.2) is 43.0 Å². The average molecular weight is 241 g/mol. The first-order valence-electron chi connectivity index (χ1n) is 6.10. The predicted molar refractivity (Wildman–Crippen MR) is 68.3 cm³/mol. The van der Waals surface area contributed by atoms with Crippen molar-refractivity contribution >= 4 is 6.03 Å². The molecule has 0 saturated heterocycles. The van der Waals surface area contributed by atoms with Gasteiger partial charge in [0.1, 0.15) is 6.33 Å². The summed E-state index contributed by atoms with van der Waals surface area (Å²) in [6.07, 6.45) is 6.88. The molecule has 4 heteroatoms. The molecule has 1 atom stereocenters. The summed E-state index contributed by atoms with van der Waals surface area (Å²) in [6.45, 7) is 0. The molecule has 1 aliphatic carbocycles. The number of carbonyl (C=O) groups excluding carboxylic acids is 1. The highest BCUT2D eigenvalue weighted by molar-refractivity contribution is 5.77. The summed E-state index contributed by atoms with van der Waals surface area (Å²) < 4.78 is 1.51. The van der Waals surface area contributed by atoms with Gasteiger partial charge >= 0.3 is 6.03 Å². The Morgan fingerprint density at radius 3 is 3.06 bits per heavy atom. The number of amides is 1. The average Bonchev–Trinajstić information content (AvgIpc) is 3.06. The summed E-state index contributed by atoms with van der Waals surface area (Å²) in [5, 5.41) is 0. The Kier molecular flexibility index (Phi) is 2.63. The normalized spacial score (nSPS) is 17.5. The number of hydrogen-bond donors (Lipinski definition) is 0. The van der Waals surface area contributed by atoms with E-state index >= 15 is 0 Å². The maximum atomic E-state index is 12.3. The van der Waals surface area contributed by atoms with Gasteiger partial charge in [-0.1, -0.05) is 24.3 Å². The maximum Gasteiger partial charge on any atom is 0.329 e. The van der Waals surface area contributed by atoms with E-state index in [0.29, 0.717) is 0 Å². The number of aryl methyl sites for hydroxylation is 1. The van der Waals surface area contributed by atoms with E-state index in [1.165, 1.54) is 15.7 Å². The van der Waals surface area contributed by atoms with E-state index in [1.807, 2.05) is 13.1 Å². The Hall–Kier alpha value is -2.10. The number of nitrogens with zero attached hydrogens (tertiary/aromatic N) is 3. The van der Waals surface area contributed by atoms with Gasteiger partial charge in [-0.05, 0) is 24.0 Å². The third kappa shape index (κ3) is 1.70. The van der Waals surface area contributed by atoms with Crippen molar-refractivity contribution in [1.82, 2.24) is 14.5 Å². The lowest BCUT2D eigenvalue weighted by atomic mass is 10.1. The zero-order chi connectivity index (χ0) is 12.5. The lowest BCUT2D eigenvalue weighted by Gasteiger charge is -2.25. The molecule has 0 fully saturated rings. The summed E-state index contributed by atoms with van der Waals surface area (Å²) in [5.74, 6) is 0. The van der Waals surface area contributed by atoms with Crippen molar-refractivity contribution in [3.63, 3.8) is 0 Å².